The summed E-state index contributed by atoms with van der Waals surface area (Å²) < 4.78 is 29.1. The van der Waals surface area contributed by atoms with Gasteiger partial charge in [-0.25, -0.2) is 14.4 Å². The van der Waals surface area contributed by atoms with Gasteiger partial charge in [0.2, 0.25) is 0 Å². The molecule has 4 aromatic rings. The van der Waals surface area contributed by atoms with Crippen molar-refractivity contribution in [3.05, 3.63) is 70.0 Å². The minimum absolute atomic E-state index is 0. The number of hydrogen-bond acceptors (Lipinski definition) is 9. The fourth-order valence-electron chi connectivity index (χ4n) is 5.12. The first-order valence-corrected chi connectivity index (χ1v) is 21.1. The molecule has 17 heteroatoms. The summed E-state index contributed by atoms with van der Waals surface area (Å²) in [5.41, 5.74) is 1.15. The number of halogens is 2. The molecular formula is C45H72AlCl2LiN2O11. The summed E-state index contributed by atoms with van der Waals surface area (Å²) in [7, 11) is 1.31. The van der Waals surface area contributed by atoms with E-state index in [4.69, 9.17) is 47.3 Å². The number of fused-ring (bicyclic) bond motifs is 2. The molecule has 0 aliphatic carbocycles. The molecule has 5 N–H and O–H groups in total. The van der Waals surface area contributed by atoms with Crippen LogP contribution in [0.5, 0.6) is 0 Å². The minimum atomic E-state index is -0.605. The Morgan fingerprint density at radius 1 is 0.677 bits per heavy atom. The summed E-state index contributed by atoms with van der Waals surface area (Å²) in [6, 6.07) is 10.1. The Labute approximate surface area is 399 Å². The summed E-state index contributed by atoms with van der Waals surface area (Å²) >= 11 is 14.3. The van der Waals surface area contributed by atoms with Crippen molar-refractivity contribution in [2.75, 3.05) is 20.3 Å². The third-order valence-electron chi connectivity index (χ3n) is 6.80. The molecule has 0 amide bonds. The second-order valence-electron chi connectivity index (χ2n) is 19.1. The van der Waals surface area contributed by atoms with Crippen molar-refractivity contribution >= 4 is 98.3 Å². The van der Waals surface area contributed by atoms with Crippen LogP contribution < -0.4 is 0 Å². The maximum atomic E-state index is 12.2. The number of carbonyl (C=O) groups excluding carboxylic acids is 3. The van der Waals surface area contributed by atoms with Crippen molar-refractivity contribution < 1.29 is 54.1 Å². The van der Waals surface area contributed by atoms with E-state index in [9.17, 15) is 14.4 Å². The van der Waals surface area contributed by atoms with Gasteiger partial charge < -0.3 is 39.7 Å². The second kappa shape index (κ2) is 27.0. The van der Waals surface area contributed by atoms with Crippen LogP contribution in [0, 0.1) is 0 Å². The average Bonchev–Trinajstić information content (AvgIpc) is 3.82. The van der Waals surface area contributed by atoms with Gasteiger partial charge in [0, 0.05) is 55.2 Å². The first kappa shape index (κ1) is 63.7. The fourth-order valence-corrected chi connectivity index (χ4v) is 5.62. The molecule has 1 aliphatic rings. The van der Waals surface area contributed by atoms with E-state index in [1.807, 2.05) is 37.1 Å². The molecule has 13 nitrogen and oxygen atoms in total. The molecule has 2 aromatic heterocycles. The average molecular weight is 922 g/mol. The zero-order valence-corrected chi connectivity index (χ0v) is 43.2. The summed E-state index contributed by atoms with van der Waals surface area (Å²) in [5, 5.41) is 11.2. The van der Waals surface area contributed by atoms with Crippen molar-refractivity contribution in [2.24, 2.45) is 0 Å². The predicted molar refractivity (Wildman–Crippen MR) is 255 cm³/mol. The van der Waals surface area contributed by atoms with E-state index < -0.39 is 29.4 Å². The first-order valence-electron chi connectivity index (χ1n) is 19.6. The summed E-state index contributed by atoms with van der Waals surface area (Å²) in [5.74, 6) is -0.460. The van der Waals surface area contributed by atoms with Crippen LogP contribution in [0.4, 0.5) is 9.59 Å². The third kappa shape index (κ3) is 25.7. The molecule has 3 heterocycles. The van der Waals surface area contributed by atoms with Crippen LogP contribution in [0.15, 0.2) is 48.8 Å². The fraction of sp³-hybridized carbons (Fsp3) is 0.578. The van der Waals surface area contributed by atoms with Gasteiger partial charge in [-0.2, -0.15) is 0 Å². The number of carbonyl (C=O) groups is 3. The maximum absolute atomic E-state index is 12.2. The van der Waals surface area contributed by atoms with Gasteiger partial charge in [0.25, 0.3) is 0 Å². The molecule has 346 valence electrons. The normalized spacial score (nSPS) is 12.4. The monoisotopic (exact) mass is 920 g/mol. The van der Waals surface area contributed by atoms with Gasteiger partial charge >= 0.3 is 18.2 Å². The number of hydrogen-bond donors (Lipinski definition) is 1. The maximum Gasteiger partial charge on any atom is 0.419 e. The number of aliphatic hydroxyl groups is 1. The smallest absolute Gasteiger partial charge is 0.419 e. The van der Waals surface area contributed by atoms with Crippen LogP contribution in [0.3, 0.4) is 0 Å². The Morgan fingerprint density at radius 3 is 1.34 bits per heavy atom. The van der Waals surface area contributed by atoms with E-state index in [-0.39, 0.29) is 47.6 Å². The minimum Gasteiger partial charge on any atom is -0.465 e. The number of ether oxygens (including phenoxy) is 5. The van der Waals surface area contributed by atoms with E-state index in [0.29, 0.717) is 36.3 Å². The van der Waals surface area contributed by atoms with Gasteiger partial charge in [0.15, 0.2) is 16.3 Å². The zero-order chi connectivity index (χ0) is 45.7. The summed E-state index contributed by atoms with van der Waals surface area (Å²) in [6.07, 6.45) is 4.56. The van der Waals surface area contributed by atoms with Crippen molar-refractivity contribution in [3.8, 4) is 0 Å². The van der Waals surface area contributed by atoms with E-state index in [1.54, 1.807) is 57.2 Å². The molecular weight excluding hydrogens is 849 g/mol. The molecule has 1 fully saturated rings. The number of aliphatic hydroxyl groups excluding tert-OH is 1. The molecule has 0 spiro atoms. The number of rotatable bonds is 2. The molecule has 0 unspecified atom stereocenters. The Morgan fingerprint density at radius 2 is 1.05 bits per heavy atom. The number of esters is 1. The molecule has 0 bridgehead atoms. The van der Waals surface area contributed by atoms with Gasteiger partial charge in [0.1, 0.15) is 11.2 Å². The van der Waals surface area contributed by atoms with Gasteiger partial charge in [-0.05, 0) is 132 Å². The molecule has 1 aliphatic heterocycles. The molecule has 62 heavy (non-hydrogen) atoms. The molecule has 0 saturated carbocycles. The van der Waals surface area contributed by atoms with Crippen LogP contribution in [0.25, 0.3) is 21.8 Å². The molecule has 2 aromatic carbocycles. The number of methoxy groups -OCH3 is 1. The third-order valence-corrected chi connectivity index (χ3v) is 7.40. The Bertz CT molecular complexity index is 1950. The van der Waals surface area contributed by atoms with Crippen LogP contribution in [-0.4, -0.2) is 121 Å². The number of aromatic nitrogens is 2. The van der Waals surface area contributed by atoms with E-state index in [1.165, 1.54) is 41.5 Å². The summed E-state index contributed by atoms with van der Waals surface area (Å²) in [6.45, 7) is 31.7. The van der Waals surface area contributed by atoms with E-state index in [2.05, 4.69) is 67.1 Å². The standard InChI is InChI=1S/C15H16ClNO4.C14H16ClNO3.C8H18O.C4H8O.C4H9.Al.Li.2H2O.H/c1-15(2,3)21-14(19)17-8-11(16)10-7-9(13(18)20-4)5-6-12(10)17;1-14(2,3)19-13(18)16-7-11(15)10-6-9(8-17)4-5-12(10)16;1-7(2,3)9-8(4,5)6;1-2-4-5-3-1;1-4(2)3;;;;;/h5-8H,1-4H3;4-7,17H,8H2,1-3H3;1-6H3;1-4H2;1-3H3;;;2*1H2;. The van der Waals surface area contributed by atoms with Crippen molar-refractivity contribution in [1.29, 1.82) is 0 Å². The quantitative estimate of drug-likeness (QED) is 0.116. The SMILES string of the molecule is C1CCOC1.CC(C)(C)OC(=O)n1cc(Cl)c2cc(CO)ccc21.CC(C)(C)OC(C)(C)C.COC(=O)c1ccc2c(c1)c(Cl)cn2C(=O)OC(C)(C)C.C[C](C)(C)[AlH].O.O.[Li]. The van der Waals surface area contributed by atoms with E-state index >= 15 is 0 Å². The molecule has 1 saturated heterocycles. The molecule has 5 rings (SSSR count). The first-order chi connectivity index (χ1) is 26.7. The second-order valence-corrected chi connectivity index (χ2v) is 22.0. The van der Waals surface area contributed by atoms with Gasteiger partial charge in [-0.1, -0.05) is 54.3 Å². The largest absolute Gasteiger partial charge is 0.465 e. The van der Waals surface area contributed by atoms with Gasteiger partial charge in [-0.3, -0.25) is 9.13 Å². The zero-order valence-electron chi connectivity index (χ0n) is 40.2. The van der Waals surface area contributed by atoms with Crippen molar-refractivity contribution in [3.63, 3.8) is 0 Å². The predicted octanol–water partition coefficient (Wildman–Crippen LogP) is 9.91. The van der Waals surface area contributed by atoms with Crippen LogP contribution >= 0.6 is 23.2 Å². The Kier molecular flexibility index (Phi) is 27.8. The summed E-state index contributed by atoms with van der Waals surface area (Å²) in [4.78, 5) is 35.8. The van der Waals surface area contributed by atoms with E-state index in [0.717, 1.165) is 24.2 Å². The van der Waals surface area contributed by atoms with Gasteiger partial charge in [-0.15, -0.1) is 0 Å². The number of benzene rings is 2. The Hall–Kier alpha value is -2.56. The van der Waals surface area contributed by atoms with Crippen molar-refractivity contribution in [1.82, 2.24) is 9.13 Å². The molecule has 2 radical (unpaired) electrons. The number of nitrogens with zero attached hydrogens (tertiary/aromatic N) is 2. The van der Waals surface area contributed by atoms with Gasteiger partial charge in [0.05, 0.1) is 51.6 Å². The van der Waals surface area contributed by atoms with Crippen LogP contribution in [-0.2, 0) is 30.3 Å². The molecule has 0 atom stereocenters. The van der Waals surface area contributed by atoms with Crippen LogP contribution in [0.1, 0.15) is 133 Å². The van der Waals surface area contributed by atoms with Crippen LogP contribution in [0.2, 0.25) is 14.3 Å². The topological polar surface area (TPSA) is 190 Å². The van der Waals surface area contributed by atoms with Crippen molar-refractivity contribution in [2.45, 2.75) is 150 Å². The Balaban J connectivity index is -0.000000773.